The molecule has 0 unspecified atom stereocenters. The summed E-state index contributed by atoms with van der Waals surface area (Å²) >= 11 is 3.45. The molecule has 1 heterocycles. The second-order valence-corrected chi connectivity index (χ2v) is 10.0. The van der Waals surface area contributed by atoms with Gasteiger partial charge in [0.25, 0.3) is 5.91 Å². The normalized spacial score (nSPS) is 16.2. The minimum atomic E-state index is -3.16. The number of amides is 1. The van der Waals surface area contributed by atoms with Gasteiger partial charge in [-0.25, -0.2) is 12.7 Å². The molecule has 1 N–H and O–H groups in total. The molecule has 0 spiro atoms. The predicted octanol–water partition coefficient (Wildman–Crippen LogP) is 3.30. The molecule has 1 aliphatic heterocycles. The molecule has 2 aromatic carbocycles. The SMILES string of the molecule is CCCS(=O)(=O)N1CCC(NC(=O)COc2ccc3cc(Br)ccc3c2)CC1. The maximum Gasteiger partial charge on any atom is 0.258 e. The van der Waals surface area contributed by atoms with E-state index in [4.69, 9.17) is 4.74 Å². The van der Waals surface area contributed by atoms with Gasteiger partial charge in [0.05, 0.1) is 5.75 Å². The van der Waals surface area contributed by atoms with Crippen LogP contribution in [0.15, 0.2) is 40.9 Å². The van der Waals surface area contributed by atoms with Crippen molar-refractivity contribution in [2.75, 3.05) is 25.4 Å². The van der Waals surface area contributed by atoms with E-state index in [0.717, 1.165) is 15.2 Å². The summed E-state index contributed by atoms with van der Waals surface area (Å²) in [5, 5.41) is 5.08. The van der Waals surface area contributed by atoms with E-state index in [-0.39, 0.29) is 24.3 Å². The van der Waals surface area contributed by atoms with E-state index in [1.807, 2.05) is 43.3 Å². The van der Waals surface area contributed by atoms with Crippen LogP contribution >= 0.6 is 15.9 Å². The van der Waals surface area contributed by atoms with Crippen LogP contribution in [0.1, 0.15) is 26.2 Å². The average molecular weight is 469 g/mol. The molecule has 28 heavy (non-hydrogen) atoms. The topological polar surface area (TPSA) is 75.7 Å². The number of rotatable bonds is 7. The Bertz CT molecular complexity index is 940. The molecule has 8 heteroatoms. The number of fused-ring (bicyclic) bond motifs is 1. The summed E-state index contributed by atoms with van der Waals surface area (Å²) in [4.78, 5) is 12.2. The highest BCUT2D eigenvalue weighted by Gasteiger charge is 2.27. The molecule has 1 amide bonds. The molecular formula is C20H25BrN2O4S. The lowest BCUT2D eigenvalue weighted by Crippen LogP contribution is -2.47. The maximum absolute atomic E-state index is 12.2. The van der Waals surface area contributed by atoms with Crippen LogP contribution in [0.2, 0.25) is 0 Å². The van der Waals surface area contributed by atoms with Crippen LogP contribution in [-0.4, -0.2) is 50.1 Å². The van der Waals surface area contributed by atoms with E-state index in [1.54, 1.807) is 0 Å². The third-order valence-electron chi connectivity index (χ3n) is 4.82. The molecule has 152 valence electrons. The Hall–Kier alpha value is -1.64. The molecule has 3 rings (SSSR count). The third-order valence-corrected chi connectivity index (χ3v) is 7.39. The van der Waals surface area contributed by atoms with E-state index in [9.17, 15) is 13.2 Å². The van der Waals surface area contributed by atoms with Gasteiger partial charge in [0.15, 0.2) is 6.61 Å². The van der Waals surface area contributed by atoms with Crippen LogP contribution in [0, 0.1) is 0 Å². The number of sulfonamides is 1. The Balaban J connectivity index is 1.47. The average Bonchev–Trinajstić information content (AvgIpc) is 2.66. The van der Waals surface area contributed by atoms with Gasteiger partial charge < -0.3 is 10.1 Å². The zero-order valence-electron chi connectivity index (χ0n) is 15.9. The predicted molar refractivity (Wildman–Crippen MR) is 114 cm³/mol. The van der Waals surface area contributed by atoms with Crippen molar-refractivity contribution < 1.29 is 17.9 Å². The van der Waals surface area contributed by atoms with E-state index in [0.29, 0.717) is 38.1 Å². The number of nitrogens with one attached hydrogen (secondary N) is 1. The van der Waals surface area contributed by atoms with Crippen molar-refractivity contribution >= 4 is 42.6 Å². The zero-order chi connectivity index (χ0) is 20.1. The smallest absolute Gasteiger partial charge is 0.258 e. The van der Waals surface area contributed by atoms with Crippen LogP contribution in [0.3, 0.4) is 0 Å². The number of halogens is 1. The molecule has 0 saturated carbocycles. The van der Waals surface area contributed by atoms with Crippen molar-refractivity contribution in [3.05, 3.63) is 40.9 Å². The molecule has 6 nitrogen and oxygen atoms in total. The van der Waals surface area contributed by atoms with E-state index in [1.165, 1.54) is 4.31 Å². The summed E-state index contributed by atoms with van der Waals surface area (Å²) < 4.78 is 32.4. The minimum Gasteiger partial charge on any atom is -0.484 e. The van der Waals surface area contributed by atoms with Crippen LogP contribution < -0.4 is 10.1 Å². The largest absolute Gasteiger partial charge is 0.484 e. The highest BCUT2D eigenvalue weighted by molar-refractivity contribution is 9.10. The molecule has 0 bridgehead atoms. The first-order valence-corrected chi connectivity index (χ1v) is 11.9. The fourth-order valence-corrected chi connectivity index (χ4v) is 5.29. The van der Waals surface area contributed by atoms with Gasteiger partial charge >= 0.3 is 0 Å². The number of hydrogen-bond donors (Lipinski definition) is 1. The van der Waals surface area contributed by atoms with E-state index < -0.39 is 10.0 Å². The molecule has 0 aliphatic carbocycles. The summed E-state index contributed by atoms with van der Waals surface area (Å²) in [6, 6.07) is 11.7. The van der Waals surface area contributed by atoms with Crippen molar-refractivity contribution in [1.29, 1.82) is 0 Å². The number of benzene rings is 2. The molecule has 1 aliphatic rings. The van der Waals surface area contributed by atoms with Crippen LogP contribution in [0.25, 0.3) is 10.8 Å². The molecular weight excluding hydrogens is 444 g/mol. The first kappa shape index (κ1) is 21.1. The van der Waals surface area contributed by atoms with Crippen molar-refractivity contribution in [3.8, 4) is 5.75 Å². The molecule has 1 fully saturated rings. The molecule has 0 atom stereocenters. The fraction of sp³-hybridized carbons (Fsp3) is 0.450. The first-order valence-electron chi connectivity index (χ1n) is 9.46. The van der Waals surface area contributed by atoms with Crippen molar-refractivity contribution in [2.45, 2.75) is 32.2 Å². The summed E-state index contributed by atoms with van der Waals surface area (Å²) in [6.07, 6.45) is 1.86. The Morgan fingerprint density at radius 1 is 1.18 bits per heavy atom. The minimum absolute atomic E-state index is 0.0156. The Morgan fingerprint density at radius 2 is 1.86 bits per heavy atom. The van der Waals surface area contributed by atoms with E-state index in [2.05, 4.69) is 21.2 Å². The van der Waals surface area contributed by atoms with Crippen molar-refractivity contribution in [1.82, 2.24) is 9.62 Å². The second-order valence-electron chi connectivity index (χ2n) is 7.00. The monoisotopic (exact) mass is 468 g/mol. The molecule has 0 radical (unpaired) electrons. The summed E-state index contributed by atoms with van der Waals surface area (Å²) in [5.74, 6) is 0.636. The molecule has 1 saturated heterocycles. The molecule has 0 aromatic heterocycles. The van der Waals surface area contributed by atoms with Gasteiger partial charge in [-0.05, 0) is 54.3 Å². The van der Waals surface area contributed by atoms with Crippen molar-refractivity contribution in [3.63, 3.8) is 0 Å². The second kappa shape index (κ2) is 9.24. The molecule has 2 aromatic rings. The van der Waals surface area contributed by atoms with E-state index >= 15 is 0 Å². The Labute approximate surface area is 174 Å². The highest BCUT2D eigenvalue weighted by Crippen LogP contribution is 2.24. The van der Waals surface area contributed by atoms with Gasteiger partial charge in [0.2, 0.25) is 10.0 Å². The van der Waals surface area contributed by atoms with Gasteiger partial charge in [-0.3, -0.25) is 4.79 Å². The lowest BCUT2D eigenvalue weighted by molar-refractivity contribution is -0.124. The Kier molecular flexibility index (Phi) is 6.95. The van der Waals surface area contributed by atoms with Gasteiger partial charge in [-0.15, -0.1) is 0 Å². The van der Waals surface area contributed by atoms with Gasteiger partial charge in [0.1, 0.15) is 5.75 Å². The van der Waals surface area contributed by atoms with Gasteiger partial charge in [0, 0.05) is 23.6 Å². The maximum atomic E-state index is 12.2. The van der Waals surface area contributed by atoms with Gasteiger partial charge in [-0.2, -0.15) is 0 Å². The summed E-state index contributed by atoms with van der Waals surface area (Å²) in [5.41, 5.74) is 0. The number of piperidine rings is 1. The number of hydrogen-bond acceptors (Lipinski definition) is 4. The van der Waals surface area contributed by atoms with Crippen LogP contribution in [-0.2, 0) is 14.8 Å². The first-order chi connectivity index (χ1) is 13.4. The standard InChI is InChI=1S/C20H25BrN2O4S/c1-2-11-28(25,26)23-9-7-18(8-10-23)22-20(24)14-27-19-6-4-15-12-17(21)5-3-16(15)13-19/h3-6,12-13,18H,2,7-11,14H2,1H3,(H,22,24). The number of carbonyl (C=O) groups is 1. The highest BCUT2D eigenvalue weighted by atomic mass is 79.9. The van der Waals surface area contributed by atoms with Crippen molar-refractivity contribution in [2.24, 2.45) is 0 Å². The number of ether oxygens (including phenoxy) is 1. The lowest BCUT2D eigenvalue weighted by atomic mass is 10.1. The Morgan fingerprint density at radius 3 is 2.57 bits per heavy atom. The fourth-order valence-electron chi connectivity index (χ4n) is 3.37. The number of nitrogens with zero attached hydrogens (tertiary/aromatic N) is 1. The number of carbonyl (C=O) groups excluding carboxylic acids is 1. The third kappa shape index (κ3) is 5.46. The summed E-state index contributed by atoms with van der Waals surface area (Å²) in [6.45, 7) is 2.71. The van der Waals surface area contributed by atoms with Crippen LogP contribution in [0.5, 0.6) is 5.75 Å². The lowest BCUT2D eigenvalue weighted by Gasteiger charge is -2.31. The van der Waals surface area contributed by atoms with Gasteiger partial charge in [-0.1, -0.05) is 35.0 Å². The van der Waals surface area contributed by atoms with Crippen LogP contribution in [0.4, 0.5) is 0 Å². The zero-order valence-corrected chi connectivity index (χ0v) is 18.3. The summed E-state index contributed by atoms with van der Waals surface area (Å²) in [7, 11) is -3.16. The quantitative estimate of drug-likeness (QED) is 0.676.